The lowest BCUT2D eigenvalue weighted by molar-refractivity contribution is -0.143. The van der Waals surface area contributed by atoms with Crippen LogP contribution >= 0.6 is 0 Å². The van der Waals surface area contributed by atoms with Crippen molar-refractivity contribution < 1.29 is 9.53 Å². The van der Waals surface area contributed by atoms with Crippen LogP contribution in [0.15, 0.2) is 30.3 Å². The first-order chi connectivity index (χ1) is 9.13. The van der Waals surface area contributed by atoms with E-state index in [2.05, 4.69) is 44.2 Å². The molecule has 0 aliphatic rings. The maximum atomic E-state index is 11.3. The van der Waals surface area contributed by atoms with Gasteiger partial charge < -0.3 is 4.74 Å². The summed E-state index contributed by atoms with van der Waals surface area (Å²) in [6.45, 7) is 6.82. The molecule has 1 rings (SSSR count). The number of ether oxygens (including phenoxy) is 1. The van der Waals surface area contributed by atoms with Gasteiger partial charge in [-0.2, -0.15) is 0 Å². The summed E-state index contributed by atoms with van der Waals surface area (Å²) in [5.41, 5.74) is 1.40. The Labute approximate surface area is 117 Å². The minimum Gasteiger partial charge on any atom is -0.466 e. The molecule has 1 aromatic rings. The van der Waals surface area contributed by atoms with Gasteiger partial charge in [-0.1, -0.05) is 50.6 Å². The summed E-state index contributed by atoms with van der Waals surface area (Å²) in [6.07, 6.45) is 3.82. The zero-order valence-corrected chi connectivity index (χ0v) is 12.4. The van der Waals surface area contributed by atoms with Crippen molar-refractivity contribution in [2.75, 3.05) is 6.61 Å². The van der Waals surface area contributed by atoms with Gasteiger partial charge in [0.15, 0.2) is 0 Å². The molecule has 0 aliphatic heterocycles. The van der Waals surface area contributed by atoms with Crippen LogP contribution < -0.4 is 0 Å². The van der Waals surface area contributed by atoms with E-state index in [1.807, 2.05) is 6.92 Å². The second-order valence-corrected chi connectivity index (χ2v) is 5.34. The molecule has 1 aromatic carbocycles. The first-order valence-corrected chi connectivity index (χ1v) is 7.34. The Morgan fingerprint density at radius 2 is 1.79 bits per heavy atom. The lowest BCUT2D eigenvalue weighted by atomic mass is 9.91. The molecule has 106 valence electrons. The van der Waals surface area contributed by atoms with Crippen molar-refractivity contribution >= 4 is 5.97 Å². The van der Waals surface area contributed by atoms with Gasteiger partial charge >= 0.3 is 5.97 Å². The average Bonchev–Trinajstić information content (AvgIpc) is 2.44. The quantitative estimate of drug-likeness (QED) is 0.642. The summed E-state index contributed by atoms with van der Waals surface area (Å²) in [6, 6.07) is 10.6. The monoisotopic (exact) mass is 262 g/mol. The molecule has 0 saturated heterocycles. The maximum absolute atomic E-state index is 11.3. The Hall–Kier alpha value is -1.31. The van der Waals surface area contributed by atoms with Crippen LogP contribution in [-0.4, -0.2) is 12.6 Å². The predicted octanol–water partition coefficient (Wildman–Crippen LogP) is 4.55. The van der Waals surface area contributed by atoms with Crippen LogP contribution in [0.25, 0.3) is 0 Å². The van der Waals surface area contributed by atoms with Crippen molar-refractivity contribution in [2.45, 2.75) is 52.4 Å². The highest BCUT2D eigenvalue weighted by Gasteiger charge is 2.10. The van der Waals surface area contributed by atoms with E-state index in [1.165, 1.54) is 12.0 Å². The van der Waals surface area contributed by atoms with E-state index in [0.717, 1.165) is 12.8 Å². The Bertz CT molecular complexity index is 359. The molecule has 0 N–H and O–H groups in total. The lowest BCUT2D eigenvalue weighted by Gasteiger charge is -2.15. The molecule has 19 heavy (non-hydrogen) atoms. The van der Waals surface area contributed by atoms with Crippen LogP contribution in [0, 0.1) is 5.92 Å². The summed E-state index contributed by atoms with van der Waals surface area (Å²) >= 11 is 0. The topological polar surface area (TPSA) is 26.3 Å². The second kappa shape index (κ2) is 8.73. The van der Waals surface area contributed by atoms with Crippen LogP contribution in [0.5, 0.6) is 0 Å². The molecule has 2 nitrogen and oxygen atoms in total. The SMILES string of the molecule is CCOC(=O)CCC(C)CC[C@H](C)c1ccccc1. The van der Waals surface area contributed by atoms with Crippen LogP contribution in [0.3, 0.4) is 0 Å². The fraction of sp³-hybridized carbons (Fsp3) is 0.588. The Morgan fingerprint density at radius 3 is 2.42 bits per heavy atom. The van der Waals surface area contributed by atoms with Crippen molar-refractivity contribution in [2.24, 2.45) is 5.92 Å². The van der Waals surface area contributed by atoms with Crippen LogP contribution in [-0.2, 0) is 9.53 Å². The van der Waals surface area contributed by atoms with Gasteiger partial charge in [-0.15, -0.1) is 0 Å². The lowest BCUT2D eigenvalue weighted by Crippen LogP contribution is -2.07. The van der Waals surface area contributed by atoms with Gasteiger partial charge in [0.2, 0.25) is 0 Å². The summed E-state index contributed by atoms with van der Waals surface area (Å²) in [5, 5.41) is 0. The van der Waals surface area contributed by atoms with Crippen molar-refractivity contribution in [1.82, 2.24) is 0 Å². The largest absolute Gasteiger partial charge is 0.466 e. The molecule has 0 bridgehead atoms. The summed E-state index contributed by atoms with van der Waals surface area (Å²) < 4.78 is 4.95. The Morgan fingerprint density at radius 1 is 1.11 bits per heavy atom. The average molecular weight is 262 g/mol. The molecule has 2 heteroatoms. The zero-order chi connectivity index (χ0) is 14.1. The van der Waals surface area contributed by atoms with Crippen molar-refractivity contribution in [3.63, 3.8) is 0 Å². The minimum absolute atomic E-state index is 0.0644. The van der Waals surface area contributed by atoms with E-state index in [9.17, 15) is 4.79 Å². The maximum Gasteiger partial charge on any atom is 0.305 e. The highest BCUT2D eigenvalue weighted by Crippen LogP contribution is 2.24. The summed E-state index contributed by atoms with van der Waals surface area (Å²) in [7, 11) is 0. The molecule has 0 fully saturated rings. The van der Waals surface area contributed by atoms with Crippen molar-refractivity contribution in [3.05, 3.63) is 35.9 Å². The summed E-state index contributed by atoms with van der Waals surface area (Å²) in [5.74, 6) is 1.10. The third-order valence-electron chi connectivity index (χ3n) is 3.61. The molecular formula is C17H26O2. The van der Waals surface area contributed by atoms with Gasteiger partial charge in [0, 0.05) is 6.42 Å². The molecule has 1 unspecified atom stereocenters. The molecule has 0 spiro atoms. The molecule has 0 amide bonds. The highest BCUT2D eigenvalue weighted by atomic mass is 16.5. The number of carbonyl (C=O) groups excluding carboxylic acids is 1. The second-order valence-electron chi connectivity index (χ2n) is 5.34. The van der Waals surface area contributed by atoms with Gasteiger partial charge in [-0.3, -0.25) is 4.79 Å². The van der Waals surface area contributed by atoms with E-state index >= 15 is 0 Å². The zero-order valence-electron chi connectivity index (χ0n) is 12.4. The highest BCUT2D eigenvalue weighted by molar-refractivity contribution is 5.69. The van der Waals surface area contributed by atoms with Crippen LogP contribution in [0.2, 0.25) is 0 Å². The Balaban J connectivity index is 2.23. The van der Waals surface area contributed by atoms with E-state index in [0.29, 0.717) is 24.9 Å². The fourth-order valence-corrected chi connectivity index (χ4v) is 2.22. The summed E-state index contributed by atoms with van der Waals surface area (Å²) in [4.78, 5) is 11.3. The number of carbonyl (C=O) groups is 1. The number of hydrogen-bond acceptors (Lipinski definition) is 2. The van der Waals surface area contributed by atoms with Crippen LogP contribution in [0.4, 0.5) is 0 Å². The minimum atomic E-state index is -0.0644. The first-order valence-electron chi connectivity index (χ1n) is 7.34. The Kier molecular flexibility index (Phi) is 7.24. The third-order valence-corrected chi connectivity index (χ3v) is 3.61. The molecule has 0 aliphatic carbocycles. The van der Waals surface area contributed by atoms with Gasteiger partial charge in [0.1, 0.15) is 0 Å². The van der Waals surface area contributed by atoms with Gasteiger partial charge in [0.25, 0.3) is 0 Å². The fourth-order valence-electron chi connectivity index (χ4n) is 2.22. The molecule has 0 aromatic heterocycles. The van der Waals surface area contributed by atoms with E-state index in [-0.39, 0.29) is 5.97 Å². The molecular weight excluding hydrogens is 236 g/mol. The van der Waals surface area contributed by atoms with Gasteiger partial charge in [0.05, 0.1) is 6.61 Å². The van der Waals surface area contributed by atoms with E-state index < -0.39 is 0 Å². The van der Waals surface area contributed by atoms with Gasteiger partial charge in [-0.25, -0.2) is 0 Å². The van der Waals surface area contributed by atoms with E-state index in [1.54, 1.807) is 0 Å². The van der Waals surface area contributed by atoms with Crippen LogP contribution in [0.1, 0.15) is 57.9 Å². The van der Waals surface area contributed by atoms with E-state index in [4.69, 9.17) is 4.74 Å². The molecule has 0 heterocycles. The number of esters is 1. The molecule has 0 radical (unpaired) electrons. The standard InChI is InChI=1S/C17H26O2/c1-4-19-17(18)13-11-14(2)10-12-15(3)16-8-6-5-7-9-16/h5-9,14-15H,4,10-13H2,1-3H3/t14?,15-/m0/s1. The normalized spacial score (nSPS) is 13.8. The molecule has 0 saturated carbocycles. The smallest absolute Gasteiger partial charge is 0.305 e. The third kappa shape index (κ3) is 6.42. The number of rotatable bonds is 8. The van der Waals surface area contributed by atoms with Gasteiger partial charge in [-0.05, 0) is 37.2 Å². The van der Waals surface area contributed by atoms with Crippen molar-refractivity contribution in [1.29, 1.82) is 0 Å². The number of benzene rings is 1. The first kappa shape index (κ1) is 15.7. The van der Waals surface area contributed by atoms with Crippen molar-refractivity contribution in [3.8, 4) is 0 Å². The molecule has 2 atom stereocenters. The number of hydrogen-bond donors (Lipinski definition) is 0. The predicted molar refractivity (Wildman–Crippen MR) is 79.1 cm³/mol.